The summed E-state index contributed by atoms with van der Waals surface area (Å²) in [6.45, 7) is 0.721. The first-order valence-electron chi connectivity index (χ1n) is 4.47. The second-order valence-electron chi connectivity index (χ2n) is 3.40. The summed E-state index contributed by atoms with van der Waals surface area (Å²) in [4.78, 5) is 13.1. The Kier molecular flexibility index (Phi) is 2.33. The van der Waals surface area contributed by atoms with Crippen molar-refractivity contribution in [2.24, 2.45) is 0 Å². The molecule has 0 atom stereocenters. The minimum atomic E-state index is -0.0638. The largest absolute Gasteiger partial charge is 0.327 e. The molecule has 0 bridgehead atoms. The van der Waals surface area contributed by atoms with Crippen LogP contribution in [0.4, 0.5) is 10.5 Å². The number of carbonyl (C=O) groups is 1. The van der Waals surface area contributed by atoms with Crippen LogP contribution in [0.5, 0.6) is 0 Å². The van der Waals surface area contributed by atoms with E-state index in [1.165, 1.54) is 0 Å². The third-order valence-corrected chi connectivity index (χ3v) is 2.61. The number of carbonyl (C=O) groups excluding carboxylic acids is 1. The summed E-state index contributed by atoms with van der Waals surface area (Å²) < 4.78 is 0. The molecule has 0 saturated carbocycles. The van der Waals surface area contributed by atoms with Gasteiger partial charge >= 0.3 is 6.03 Å². The number of rotatable bonds is 0. The van der Waals surface area contributed by atoms with Crippen molar-refractivity contribution in [1.82, 2.24) is 4.90 Å². The number of halogens is 1. The normalized spacial score (nSPS) is 15.9. The van der Waals surface area contributed by atoms with Gasteiger partial charge in [-0.2, -0.15) is 0 Å². The van der Waals surface area contributed by atoms with Crippen molar-refractivity contribution in [2.75, 3.05) is 18.9 Å². The van der Waals surface area contributed by atoms with Gasteiger partial charge in [-0.05, 0) is 30.2 Å². The average Bonchev–Trinajstić information content (AvgIpc) is 2.29. The predicted octanol–water partition coefficient (Wildman–Crippen LogP) is 2.36. The second kappa shape index (κ2) is 3.50. The molecule has 3 nitrogen and oxygen atoms in total. The number of benzene rings is 1. The van der Waals surface area contributed by atoms with E-state index in [4.69, 9.17) is 11.6 Å². The van der Waals surface area contributed by atoms with Crippen LogP contribution in [-0.2, 0) is 6.42 Å². The highest BCUT2D eigenvalue weighted by atomic mass is 35.5. The van der Waals surface area contributed by atoms with Crippen molar-refractivity contribution < 1.29 is 4.79 Å². The van der Waals surface area contributed by atoms with E-state index in [1.807, 2.05) is 12.1 Å². The number of likely N-dealkylation sites (N-methyl/N-ethyl adjacent to an activating group) is 1. The number of nitrogens with one attached hydrogen (secondary N) is 1. The molecule has 14 heavy (non-hydrogen) atoms. The quantitative estimate of drug-likeness (QED) is 0.701. The van der Waals surface area contributed by atoms with Gasteiger partial charge in [0.15, 0.2) is 0 Å². The minimum absolute atomic E-state index is 0.0638. The SMILES string of the molecule is CN1CCc2cc(Cl)ccc2NC1=O. The average molecular weight is 211 g/mol. The van der Waals surface area contributed by atoms with Gasteiger partial charge in [0.05, 0.1) is 0 Å². The Hall–Kier alpha value is -1.22. The van der Waals surface area contributed by atoms with Crippen molar-refractivity contribution >= 4 is 23.3 Å². The topological polar surface area (TPSA) is 32.3 Å². The van der Waals surface area contributed by atoms with Crippen LogP contribution in [0.3, 0.4) is 0 Å². The van der Waals surface area contributed by atoms with Gasteiger partial charge in [0.1, 0.15) is 0 Å². The zero-order valence-electron chi connectivity index (χ0n) is 7.88. The molecular weight excluding hydrogens is 200 g/mol. The molecule has 0 aromatic heterocycles. The van der Waals surface area contributed by atoms with Gasteiger partial charge in [-0.3, -0.25) is 0 Å². The number of anilines is 1. The Labute approximate surface area is 87.7 Å². The van der Waals surface area contributed by atoms with E-state index in [9.17, 15) is 4.79 Å². The Balaban J connectivity index is 2.37. The van der Waals surface area contributed by atoms with E-state index in [0.29, 0.717) is 5.02 Å². The summed E-state index contributed by atoms with van der Waals surface area (Å²) >= 11 is 5.88. The maximum Gasteiger partial charge on any atom is 0.321 e. The molecule has 0 saturated heterocycles. The zero-order chi connectivity index (χ0) is 10.1. The highest BCUT2D eigenvalue weighted by molar-refractivity contribution is 6.30. The van der Waals surface area contributed by atoms with Crippen molar-refractivity contribution in [1.29, 1.82) is 0 Å². The summed E-state index contributed by atoms with van der Waals surface area (Å²) in [5.41, 5.74) is 1.96. The molecule has 0 spiro atoms. The fraction of sp³-hybridized carbons (Fsp3) is 0.300. The van der Waals surface area contributed by atoms with Crippen LogP contribution in [0, 0.1) is 0 Å². The lowest BCUT2D eigenvalue weighted by atomic mass is 10.1. The number of amides is 2. The number of urea groups is 1. The molecule has 1 aromatic carbocycles. The number of hydrogen-bond acceptors (Lipinski definition) is 1. The van der Waals surface area contributed by atoms with Gasteiger partial charge in [0.25, 0.3) is 0 Å². The standard InChI is InChI=1S/C10H11ClN2O/c1-13-5-4-7-6-8(11)2-3-9(7)12-10(13)14/h2-3,6H,4-5H2,1H3,(H,12,14). The molecular formula is C10H11ClN2O. The Morgan fingerprint density at radius 1 is 1.50 bits per heavy atom. The smallest absolute Gasteiger partial charge is 0.321 e. The molecule has 1 heterocycles. The summed E-state index contributed by atoms with van der Waals surface area (Å²) in [6.07, 6.45) is 0.838. The first-order valence-corrected chi connectivity index (χ1v) is 4.85. The lowest BCUT2D eigenvalue weighted by Crippen LogP contribution is -2.30. The Morgan fingerprint density at radius 2 is 2.29 bits per heavy atom. The summed E-state index contributed by atoms with van der Waals surface area (Å²) in [6, 6.07) is 5.46. The Bertz CT molecular complexity index is 378. The Morgan fingerprint density at radius 3 is 3.07 bits per heavy atom. The van der Waals surface area contributed by atoms with E-state index in [0.717, 1.165) is 24.2 Å². The van der Waals surface area contributed by atoms with Crippen LogP contribution >= 0.6 is 11.6 Å². The molecule has 4 heteroatoms. The van der Waals surface area contributed by atoms with Crippen LogP contribution in [0.2, 0.25) is 5.02 Å². The van der Waals surface area contributed by atoms with Crippen molar-refractivity contribution in [3.63, 3.8) is 0 Å². The van der Waals surface area contributed by atoms with E-state index in [1.54, 1.807) is 18.0 Å². The zero-order valence-corrected chi connectivity index (χ0v) is 8.64. The molecule has 1 aliphatic rings. The highest BCUT2D eigenvalue weighted by Gasteiger charge is 2.16. The maximum atomic E-state index is 11.4. The third kappa shape index (κ3) is 1.68. The van der Waals surface area contributed by atoms with E-state index in [2.05, 4.69) is 5.32 Å². The fourth-order valence-corrected chi connectivity index (χ4v) is 1.69. The van der Waals surface area contributed by atoms with Gasteiger partial charge in [0.2, 0.25) is 0 Å². The highest BCUT2D eigenvalue weighted by Crippen LogP contribution is 2.23. The van der Waals surface area contributed by atoms with E-state index < -0.39 is 0 Å². The number of fused-ring (bicyclic) bond motifs is 1. The van der Waals surface area contributed by atoms with Crippen molar-refractivity contribution in [3.8, 4) is 0 Å². The third-order valence-electron chi connectivity index (χ3n) is 2.37. The molecule has 1 N–H and O–H groups in total. The van der Waals surface area contributed by atoms with Gasteiger partial charge in [-0.1, -0.05) is 11.6 Å². The second-order valence-corrected chi connectivity index (χ2v) is 3.84. The molecule has 0 fully saturated rings. The van der Waals surface area contributed by atoms with Crippen LogP contribution in [0.1, 0.15) is 5.56 Å². The summed E-state index contributed by atoms with van der Waals surface area (Å²) in [7, 11) is 1.78. The van der Waals surface area contributed by atoms with Gasteiger partial charge < -0.3 is 10.2 Å². The molecule has 1 aliphatic heterocycles. The maximum absolute atomic E-state index is 11.4. The molecule has 2 rings (SSSR count). The molecule has 1 aromatic rings. The predicted molar refractivity (Wildman–Crippen MR) is 56.8 cm³/mol. The van der Waals surface area contributed by atoms with Gasteiger partial charge in [-0.25, -0.2) is 4.79 Å². The van der Waals surface area contributed by atoms with Crippen LogP contribution < -0.4 is 5.32 Å². The summed E-state index contributed by atoms with van der Waals surface area (Å²) in [5.74, 6) is 0. The number of nitrogens with zero attached hydrogens (tertiary/aromatic N) is 1. The first-order chi connectivity index (χ1) is 6.66. The monoisotopic (exact) mass is 210 g/mol. The molecule has 0 unspecified atom stereocenters. The van der Waals surface area contributed by atoms with Gasteiger partial charge in [0, 0.05) is 24.3 Å². The first kappa shape index (κ1) is 9.34. The summed E-state index contributed by atoms with van der Waals surface area (Å²) in [5, 5.41) is 3.54. The van der Waals surface area contributed by atoms with Crippen LogP contribution in [-0.4, -0.2) is 24.5 Å². The van der Waals surface area contributed by atoms with Crippen molar-refractivity contribution in [2.45, 2.75) is 6.42 Å². The van der Waals surface area contributed by atoms with E-state index in [-0.39, 0.29) is 6.03 Å². The number of hydrogen-bond donors (Lipinski definition) is 1. The van der Waals surface area contributed by atoms with E-state index >= 15 is 0 Å². The fourth-order valence-electron chi connectivity index (χ4n) is 1.49. The van der Waals surface area contributed by atoms with Crippen molar-refractivity contribution in [3.05, 3.63) is 28.8 Å². The molecule has 74 valence electrons. The molecule has 0 aliphatic carbocycles. The molecule has 2 amide bonds. The van der Waals surface area contributed by atoms with Crippen LogP contribution in [0.25, 0.3) is 0 Å². The molecule has 0 radical (unpaired) electrons. The lowest BCUT2D eigenvalue weighted by Gasteiger charge is -2.12. The van der Waals surface area contributed by atoms with Crippen LogP contribution in [0.15, 0.2) is 18.2 Å². The minimum Gasteiger partial charge on any atom is -0.327 e. The lowest BCUT2D eigenvalue weighted by molar-refractivity contribution is 0.224. The van der Waals surface area contributed by atoms with Gasteiger partial charge in [-0.15, -0.1) is 0 Å².